The number of nitrogens with zero attached hydrogens (tertiary/aromatic N) is 3. The van der Waals surface area contributed by atoms with Crippen LogP contribution >= 0.6 is 0 Å². The van der Waals surface area contributed by atoms with Crippen molar-refractivity contribution < 1.29 is 18.9 Å². The second-order valence-electron chi connectivity index (χ2n) is 6.97. The lowest BCUT2D eigenvalue weighted by molar-refractivity contribution is -0.384. The first-order valence-corrected chi connectivity index (χ1v) is 9.07. The van der Waals surface area contributed by atoms with Crippen molar-refractivity contribution in [1.82, 2.24) is 15.2 Å². The van der Waals surface area contributed by atoms with Crippen LogP contribution in [-0.2, 0) is 6.54 Å². The van der Waals surface area contributed by atoms with E-state index >= 15 is 0 Å². The van der Waals surface area contributed by atoms with Gasteiger partial charge < -0.3 is 20.0 Å². The van der Waals surface area contributed by atoms with Crippen LogP contribution < -0.4 is 10.6 Å². The molecular formula is C18H19N5O5. The van der Waals surface area contributed by atoms with Crippen molar-refractivity contribution in [3.63, 3.8) is 0 Å². The predicted octanol–water partition coefficient (Wildman–Crippen LogP) is 2.67. The topological polar surface area (TPSA) is 131 Å². The Morgan fingerprint density at radius 3 is 2.54 bits per heavy atom. The van der Waals surface area contributed by atoms with Gasteiger partial charge in [-0.1, -0.05) is 0 Å². The average molecular weight is 385 g/mol. The summed E-state index contributed by atoms with van der Waals surface area (Å²) in [5.74, 6) is 0.0116. The number of carbonyl (C=O) groups is 2. The summed E-state index contributed by atoms with van der Waals surface area (Å²) in [4.78, 5) is 40.7. The summed E-state index contributed by atoms with van der Waals surface area (Å²) < 4.78 is 5.37. The highest BCUT2D eigenvalue weighted by Crippen LogP contribution is 2.29. The standard InChI is InChI=1S/C18H19N5O5/c24-17(19-11-1-2-11)15-10-28-16(21-15)9-22(13-7-8-13)18(25)20-12-3-5-14(6-4-12)23(26)27/h3-6,10-11,13H,1-2,7-9H2,(H,19,24)(H,20,25). The Bertz CT molecular complexity index is 901. The summed E-state index contributed by atoms with van der Waals surface area (Å²) in [6.07, 6.45) is 5.02. The number of nitro groups is 1. The molecule has 2 saturated carbocycles. The molecule has 1 aromatic heterocycles. The minimum atomic E-state index is -0.498. The number of amides is 3. The van der Waals surface area contributed by atoms with Gasteiger partial charge in [0, 0.05) is 29.9 Å². The molecule has 2 aliphatic carbocycles. The Morgan fingerprint density at radius 1 is 1.21 bits per heavy atom. The van der Waals surface area contributed by atoms with Crippen molar-refractivity contribution in [1.29, 1.82) is 0 Å². The first-order valence-electron chi connectivity index (χ1n) is 9.07. The summed E-state index contributed by atoms with van der Waals surface area (Å²) in [6, 6.07) is 5.57. The van der Waals surface area contributed by atoms with E-state index in [1.54, 1.807) is 4.90 Å². The van der Waals surface area contributed by atoms with Gasteiger partial charge >= 0.3 is 6.03 Å². The first kappa shape index (κ1) is 18.0. The minimum Gasteiger partial charge on any atom is -0.446 e. The zero-order valence-electron chi connectivity index (χ0n) is 15.0. The normalized spacial score (nSPS) is 15.7. The quantitative estimate of drug-likeness (QED) is 0.556. The van der Waals surface area contributed by atoms with E-state index in [0.717, 1.165) is 25.7 Å². The molecule has 28 heavy (non-hydrogen) atoms. The molecule has 0 unspecified atom stereocenters. The maximum absolute atomic E-state index is 12.6. The number of hydrogen-bond acceptors (Lipinski definition) is 6. The van der Waals surface area contributed by atoms with Crippen LogP contribution in [0.15, 0.2) is 34.9 Å². The second kappa shape index (κ2) is 7.29. The van der Waals surface area contributed by atoms with E-state index in [1.165, 1.54) is 30.5 Å². The molecule has 0 saturated heterocycles. The lowest BCUT2D eigenvalue weighted by Gasteiger charge is -2.21. The zero-order valence-corrected chi connectivity index (χ0v) is 15.0. The average Bonchev–Trinajstić information content (AvgIpc) is 3.60. The molecule has 0 aliphatic heterocycles. The molecule has 146 valence electrons. The summed E-state index contributed by atoms with van der Waals surface area (Å²) in [6.45, 7) is 0.139. The van der Waals surface area contributed by atoms with Crippen LogP contribution in [0.5, 0.6) is 0 Å². The van der Waals surface area contributed by atoms with Crippen LogP contribution in [0.4, 0.5) is 16.2 Å². The monoisotopic (exact) mass is 385 g/mol. The van der Waals surface area contributed by atoms with E-state index in [1.807, 2.05) is 0 Å². The fourth-order valence-electron chi connectivity index (χ4n) is 2.74. The number of rotatable bonds is 7. The van der Waals surface area contributed by atoms with Crippen LogP contribution in [0.25, 0.3) is 0 Å². The van der Waals surface area contributed by atoms with Crippen molar-refractivity contribution in [2.45, 2.75) is 44.3 Å². The van der Waals surface area contributed by atoms with E-state index in [0.29, 0.717) is 5.69 Å². The number of hydrogen-bond donors (Lipinski definition) is 2. The SMILES string of the molecule is O=C(NC1CC1)c1coc(CN(C(=O)Nc2ccc([N+](=O)[O-])cc2)C2CC2)n1. The number of nitro benzene ring substituents is 1. The number of aromatic nitrogens is 1. The highest BCUT2D eigenvalue weighted by atomic mass is 16.6. The maximum Gasteiger partial charge on any atom is 0.322 e. The third kappa shape index (κ3) is 4.27. The summed E-state index contributed by atoms with van der Waals surface area (Å²) in [5, 5.41) is 16.3. The third-order valence-corrected chi connectivity index (χ3v) is 4.58. The van der Waals surface area contributed by atoms with Gasteiger partial charge in [-0.15, -0.1) is 0 Å². The van der Waals surface area contributed by atoms with Crippen LogP contribution in [0, 0.1) is 10.1 Å². The summed E-state index contributed by atoms with van der Waals surface area (Å²) in [5.41, 5.74) is 0.611. The number of urea groups is 1. The Kier molecular flexibility index (Phi) is 4.68. The Morgan fingerprint density at radius 2 is 1.93 bits per heavy atom. The largest absolute Gasteiger partial charge is 0.446 e. The van der Waals surface area contributed by atoms with Gasteiger partial charge in [0.25, 0.3) is 11.6 Å². The Labute approximate surface area is 160 Å². The summed E-state index contributed by atoms with van der Waals surface area (Å²) >= 11 is 0. The molecule has 0 spiro atoms. The van der Waals surface area contributed by atoms with Gasteiger partial charge in [-0.3, -0.25) is 14.9 Å². The van der Waals surface area contributed by atoms with E-state index in [-0.39, 0.29) is 47.8 Å². The molecule has 0 radical (unpaired) electrons. The van der Waals surface area contributed by atoms with Crippen molar-refractivity contribution >= 4 is 23.3 Å². The lowest BCUT2D eigenvalue weighted by Crippen LogP contribution is -2.36. The molecule has 2 fully saturated rings. The molecule has 2 N–H and O–H groups in total. The van der Waals surface area contributed by atoms with E-state index < -0.39 is 4.92 Å². The first-order chi connectivity index (χ1) is 13.5. The molecule has 2 aromatic rings. The summed E-state index contributed by atoms with van der Waals surface area (Å²) in [7, 11) is 0. The highest BCUT2D eigenvalue weighted by Gasteiger charge is 2.34. The Hall–Kier alpha value is -3.43. The number of carbonyl (C=O) groups excluding carboxylic acids is 2. The number of oxazole rings is 1. The number of non-ortho nitro benzene ring substituents is 1. The molecule has 10 nitrogen and oxygen atoms in total. The number of anilines is 1. The predicted molar refractivity (Wildman–Crippen MR) is 97.7 cm³/mol. The Balaban J connectivity index is 1.39. The molecule has 0 bridgehead atoms. The second-order valence-corrected chi connectivity index (χ2v) is 6.97. The molecule has 1 heterocycles. The van der Waals surface area contributed by atoms with Crippen LogP contribution in [0.3, 0.4) is 0 Å². The van der Waals surface area contributed by atoms with Crippen molar-refractivity contribution in [3.05, 3.63) is 52.2 Å². The van der Waals surface area contributed by atoms with Gasteiger partial charge in [-0.05, 0) is 37.8 Å². The molecule has 4 rings (SSSR count). The fraction of sp³-hybridized carbons (Fsp3) is 0.389. The molecule has 10 heteroatoms. The van der Waals surface area contributed by atoms with Crippen LogP contribution in [0.1, 0.15) is 42.1 Å². The van der Waals surface area contributed by atoms with Gasteiger partial charge in [0.2, 0.25) is 5.89 Å². The molecule has 1 aromatic carbocycles. The van der Waals surface area contributed by atoms with Gasteiger partial charge in [-0.25, -0.2) is 9.78 Å². The molecule has 0 atom stereocenters. The van der Waals surface area contributed by atoms with Crippen molar-refractivity contribution in [2.75, 3.05) is 5.32 Å². The number of nitrogens with one attached hydrogen (secondary N) is 2. The van der Waals surface area contributed by atoms with Crippen molar-refractivity contribution in [2.24, 2.45) is 0 Å². The molecule has 3 amide bonds. The molecular weight excluding hydrogens is 366 g/mol. The minimum absolute atomic E-state index is 0.0474. The van der Waals surface area contributed by atoms with Gasteiger partial charge in [-0.2, -0.15) is 0 Å². The highest BCUT2D eigenvalue weighted by molar-refractivity contribution is 5.92. The van der Waals surface area contributed by atoms with Gasteiger partial charge in [0.1, 0.15) is 6.26 Å². The lowest BCUT2D eigenvalue weighted by atomic mass is 10.3. The van der Waals surface area contributed by atoms with Crippen LogP contribution in [-0.4, -0.2) is 38.8 Å². The fourth-order valence-corrected chi connectivity index (χ4v) is 2.74. The van der Waals surface area contributed by atoms with Crippen molar-refractivity contribution in [3.8, 4) is 0 Å². The maximum atomic E-state index is 12.6. The van der Waals surface area contributed by atoms with E-state index in [4.69, 9.17) is 4.42 Å². The smallest absolute Gasteiger partial charge is 0.322 e. The molecule has 2 aliphatic rings. The van der Waals surface area contributed by atoms with Crippen LogP contribution in [0.2, 0.25) is 0 Å². The third-order valence-electron chi connectivity index (χ3n) is 4.58. The van der Waals surface area contributed by atoms with E-state index in [2.05, 4.69) is 15.6 Å². The van der Waals surface area contributed by atoms with E-state index in [9.17, 15) is 19.7 Å². The zero-order chi connectivity index (χ0) is 19.7. The van der Waals surface area contributed by atoms with Gasteiger partial charge in [0.05, 0.1) is 11.5 Å². The van der Waals surface area contributed by atoms with Gasteiger partial charge in [0.15, 0.2) is 5.69 Å². The number of benzene rings is 1.